The third-order valence-electron chi connectivity index (χ3n) is 2.97. The zero-order valence-electron chi connectivity index (χ0n) is 8.86. The molecule has 84 valence electrons. The van der Waals surface area contributed by atoms with E-state index in [9.17, 15) is 0 Å². The largest absolute Gasteiger partial charge is 0.378 e. The Kier molecular flexibility index (Phi) is 3.27. The second-order valence-corrected chi connectivity index (χ2v) is 6.21. The second-order valence-electron chi connectivity index (χ2n) is 3.98. The maximum atomic E-state index is 5.50. The molecule has 6 heteroatoms. The van der Waals surface area contributed by atoms with Crippen LogP contribution in [0.1, 0.15) is 19.8 Å². The van der Waals surface area contributed by atoms with Crippen molar-refractivity contribution in [2.24, 2.45) is 0 Å². The summed E-state index contributed by atoms with van der Waals surface area (Å²) in [4.78, 5) is 2.27. The molecule has 0 N–H and O–H groups in total. The molecule has 0 aliphatic carbocycles. The van der Waals surface area contributed by atoms with Gasteiger partial charge < -0.3 is 9.64 Å². The summed E-state index contributed by atoms with van der Waals surface area (Å²) in [6, 6.07) is 0. The molecular formula is C9H14BrN3OS. The highest BCUT2D eigenvalue weighted by Gasteiger charge is 2.30. The molecule has 15 heavy (non-hydrogen) atoms. The van der Waals surface area contributed by atoms with E-state index in [2.05, 4.69) is 38.0 Å². The van der Waals surface area contributed by atoms with E-state index in [1.165, 1.54) is 0 Å². The topological polar surface area (TPSA) is 38.2 Å². The lowest BCUT2D eigenvalue weighted by Gasteiger charge is -2.38. The van der Waals surface area contributed by atoms with Gasteiger partial charge in [-0.15, -0.1) is 10.2 Å². The highest BCUT2D eigenvalue weighted by molar-refractivity contribution is 9.11. The van der Waals surface area contributed by atoms with Gasteiger partial charge in [0.25, 0.3) is 0 Å². The summed E-state index contributed by atoms with van der Waals surface area (Å²) in [6.07, 6.45) is 2.08. The van der Waals surface area contributed by atoms with Crippen LogP contribution in [0.25, 0.3) is 0 Å². The first-order chi connectivity index (χ1) is 7.13. The summed E-state index contributed by atoms with van der Waals surface area (Å²) in [5, 5.41) is 9.08. The average molecular weight is 292 g/mol. The molecule has 1 aliphatic rings. The van der Waals surface area contributed by atoms with Crippen molar-refractivity contribution in [2.75, 3.05) is 25.1 Å². The van der Waals surface area contributed by atoms with Gasteiger partial charge in [-0.05, 0) is 35.7 Å². The van der Waals surface area contributed by atoms with E-state index in [0.29, 0.717) is 0 Å². The van der Waals surface area contributed by atoms with Crippen LogP contribution in [0, 0.1) is 0 Å². The minimum absolute atomic E-state index is 0.0401. The zero-order chi connectivity index (χ0) is 10.9. The van der Waals surface area contributed by atoms with Gasteiger partial charge in [-0.2, -0.15) is 0 Å². The predicted octanol–water partition coefficient (Wildman–Crippen LogP) is 2.31. The van der Waals surface area contributed by atoms with Gasteiger partial charge in [0.1, 0.15) is 0 Å². The summed E-state index contributed by atoms with van der Waals surface area (Å²) < 4.78 is 6.34. The van der Waals surface area contributed by atoms with Gasteiger partial charge in [-0.3, -0.25) is 0 Å². The fraction of sp³-hybridized carbons (Fsp3) is 0.778. The molecule has 1 fully saturated rings. The molecule has 0 spiro atoms. The van der Waals surface area contributed by atoms with Crippen molar-refractivity contribution in [3.05, 3.63) is 3.92 Å². The van der Waals surface area contributed by atoms with Gasteiger partial charge in [0.05, 0.1) is 5.60 Å². The number of nitrogens with zero attached hydrogens (tertiary/aromatic N) is 3. The van der Waals surface area contributed by atoms with E-state index in [1.807, 2.05) is 0 Å². The number of ether oxygens (including phenoxy) is 1. The second kappa shape index (κ2) is 4.35. The minimum atomic E-state index is 0.0401. The van der Waals surface area contributed by atoms with Crippen LogP contribution in [0.4, 0.5) is 5.13 Å². The fourth-order valence-corrected chi connectivity index (χ4v) is 2.84. The van der Waals surface area contributed by atoms with Crippen molar-refractivity contribution in [3.8, 4) is 0 Å². The molecule has 0 radical (unpaired) electrons. The first kappa shape index (κ1) is 11.3. The van der Waals surface area contributed by atoms with Crippen molar-refractivity contribution in [3.63, 3.8) is 0 Å². The van der Waals surface area contributed by atoms with Crippen LogP contribution in [-0.4, -0.2) is 36.0 Å². The van der Waals surface area contributed by atoms with E-state index in [-0.39, 0.29) is 5.60 Å². The monoisotopic (exact) mass is 291 g/mol. The number of anilines is 1. The molecule has 0 unspecified atom stereocenters. The van der Waals surface area contributed by atoms with Gasteiger partial charge in [0, 0.05) is 20.2 Å². The lowest BCUT2D eigenvalue weighted by molar-refractivity contribution is -0.0132. The van der Waals surface area contributed by atoms with Gasteiger partial charge in [-0.25, -0.2) is 0 Å². The van der Waals surface area contributed by atoms with Gasteiger partial charge in [0.15, 0.2) is 3.92 Å². The Morgan fingerprint density at radius 2 is 2.07 bits per heavy atom. The number of piperidine rings is 1. The molecule has 1 aliphatic heterocycles. The van der Waals surface area contributed by atoms with Crippen LogP contribution in [-0.2, 0) is 4.74 Å². The normalized spacial score (nSPS) is 20.6. The molecule has 2 rings (SSSR count). The van der Waals surface area contributed by atoms with Gasteiger partial charge in [0.2, 0.25) is 5.13 Å². The summed E-state index contributed by atoms with van der Waals surface area (Å²) >= 11 is 4.91. The third-order valence-corrected chi connectivity index (χ3v) is 4.39. The Bertz CT molecular complexity index is 336. The third kappa shape index (κ3) is 2.49. The van der Waals surface area contributed by atoms with Crippen LogP contribution >= 0.6 is 27.3 Å². The summed E-state index contributed by atoms with van der Waals surface area (Å²) in [6.45, 7) is 4.15. The van der Waals surface area contributed by atoms with Crippen LogP contribution < -0.4 is 4.90 Å². The Morgan fingerprint density at radius 1 is 1.40 bits per heavy atom. The first-order valence-electron chi connectivity index (χ1n) is 4.92. The minimum Gasteiger partial charge on any atom is -0.378 e. The number of halogens is 1. The molecule has 0 saturated carbocycles. The number of aromatic nitrogens is 2. The molecular weight excluding hydrogens is 278 g/mol. The average Bonchev–Trinajstić information content (AvgIpc) is 2.66. The Labute approximate surface area is 102 Å². The molecule has 2 heterocycles. The number of hydrogen-bond acceptors (Lipinski definition) is 5. The van der Waals surface area contributed by atoms with Crippen molar-refractivity contribution in [1.82, 2.24) is 10.2 Å². The highest BCUT2D eigenvalue weighted by Crippen LogP contribution is 2.30. The Hall–Kier alpha value is -0.200. The number of methoxy groups -OCH3 is 1. The van der Waals surface area contributed by atoms with Crippen LogP contribution in [0.5, 0.6) is 0 Å². The van der Waals surface area contributed by atoms with Crippen molar-refractivity contribution in [1.29, 1.82) is 0 Å². The predicted molar refractivity (Wildman–Crippen MR) is 64.5 cm³/mol. The SMILES string of the molecule is COC1(C)CCN(c2nnc(Br)s2)CC1. The highest BCUT2D eigenvalue weighted by atomic mass is 79.9. The van der Waals surface area contributed by atoms with Crippen LogP contribution in [0.2, 0.25) is 0 Å². The van der Waals surface area contributed by atoms with E-state index >= 15 is 0 Å². The molecule has 1 aromatic rings. The standard InChI is InChI=1S/C9H14BrN3OS/c1-9(14-2)3-5-13(6-4-9)8-12-11-7(10)15-8/h3-6H2,1-2H3. The molecule has 0 atom stereocenters. The van der Waals surface area contributed by atoms with Crippen LogP contribution in [0.15, 0.2) is 3.92 Å². The summed E-state index contributed by atoms with van der Waals surface area (Å²) in [5.41, 5.74) is 0.0401. The first-order valence-corrected chi connectivity index (χ1v) is 6.53. The zero-order valence-corrected chi connectivity index (χ0v) is 11.3. The molecule has 0 amide bonds. The van der Waals surface area contributed by atoms with Crippen molar-refractivity contribution >= 4 is 32.4 Å². The summed E-state index contributed by atoms with van der Waals surface area (Å²) in [7, 11) is 1.79. The molecule has 1 saturated heterocycles. The summed E-state index contributed by atoms with van der Waals surface area (Å²) in [5.74, 6) is 0. The number of rotatable bonds is 2. The molecule has 0 bridgehead atoms. The van der Waals surface area contributed by atoms with Crippen molar-refractivity contribution < 1.29 is 4.74 Å². The molecule has 1 aromatic heterocycles. The number of hydrogen-bond donors (Lipinski definition) is 0. The van der Waals surface area contributed by atoms with E-state index in [4.69, 9.17) is 4.74 Å². The van der Waals surface area contributed by atoms with E-state index < -0.39 is 0 Å². The van der Waals surface area contributed by atoms with Gasteiger partial charge in [-0.1, -0.05) is 11.3 Å². The molecule has 0 aromatic carbocycles. The Morgan fingerprint density at radius 3 is 2.53 bits per heavy atom. The quantitative estimate of drug-likeness (QED) is 0.838. The van der Waals surface area contributed by atoms with Crippen LogP contribution in [0.3, 0.4) is 0 Å². The maximum Gasteiger partial charge on any atom is 0.209 e. The Balaban J connectivity index is 1.99. The van der Waals surface area contributed by atoms with E-state index in [0.717, 1.165) is 35.0 Å². The lowest BCUT2D eigenvalue weighted by atomic mass is 9.94. The maximum absolute atomic E-state index is 5.50. The lowest BCUT2D eigenvalue weighted by Crippen LogP contribution is -2.43. The van der Waals surface area contributed by atoms with Crippen molar-refractivity contribution in [2.45, 2.75) is 25.4 Å². The smallest absolute Gasteiger partial charge is 0.209 e. The molecule has 4 nitrogen and oxygen atoms in total. The van der Waals surface area contributed by atoms with Gasteiger partial charge >= 0.3 is 0 Å². The van der Waals surface area contributed by atoms with E-state index in [1.54, 1.807) is 18.4 Å². The fourth-order valence-electron chi connectivity index (χ4n) is 1.70.